The van der Waals surface area contributed by atoms with Crippen molar-refractivity contribution >= 4 is 22.4 Å². The Morgan fingerprint density at radius 1 is 1.29 bits per heavy atom. The van der Waals surface area contributed by atoms with Crippen LogP contribution >= 0.6 is 12.4 Å². The molecule has 0 amide bonds. The van der Waals surface area contributed by atoms with Crippen LogP contribution in [0.1, 0.15) is 38.7 Å². The van der Waals surface area contributed by atoms with Crippen molar-refractivity contribution < 1.29 is 8.42 Å². The SMILES string of the molecule is CC(C)c1ccc(S(=O)(=O)N2CCC(C)(CN)C2)cc1.Cl. The van der Waals surface area contributed by atoms with Gasteiger partial charge in [-0.25, -0.2) is 8.42 Å². The maximum Gasteiger partial charge on any atom is 0.243 e. The van der Waals surface area contributed by atoms with Gasteiger partial charge in [-0.1, -0.05) is 32.9 Å². The molecule has 21 heavy (non-hydrogen) atoms. The molecule has 6 heteroatoms. The van der Waals surface area contributed by atoms with Gasteiger partial charge in [0.05, 0.1) is 4.90 Å². The Kier molecular flexibility index (Phi) is 5.83. The first-order chi connectivity index (χ1) is 9.28. The van der Waals surface area contributed by atoms with Crippen molar-refractivity contribution in [1.29, 1.82) is 0 Å². The van der Waals surface area contributed by atoms with Crippen LogP contribution in [-0.2, 0) is 10.0 Å². The summed E-state index contributed by atoms with van der Waals surface area (Å²) in [6, 6.07) is 7.22. The molecule has 1 aromatic rings. The zero-order valence-corrected chi connectivity index (χ0v) is 14.5. The summed E-state index contributed by atoms with van der Waals surface area (Å²) in [5, 5.41) is 0. The standard InChI is InChI=1S/C15H24N2O2S.ClH/c1-12(2)13-4-6-14(7-5-13)20(18,19)17-9-8-15(3,10-16)11-17;/h4-7,12H,8-11,16H2,1-3H3;1H. The molecule has 1 aromatic carbocycles. The first-order valence-electron chi connectivity index (χ1n) is 7.09. The molecule has 1 fully saturated rings. The second-order valence-electron chi connectivity index (χ2n) is 6.33. The molecule has 0 saturated carbocycles. The van der Waals surface area contributed by atoms with Gasteiger partial charge in [0.1, 0.15) is 0 Å². The molecule has 1 aliphatic heterocycles. The summed E-state index contributed by atoms with van der Waals surface area (Å²) in [5.41, 5.74) is 6.80. The fraction of sp³-hybridized carbons (Fsp3) is 0.600. The predicted molar refractivity (Wildman–Crippen MR) is 88.3 cm³/mol. The van der Waals surface area contributed by atoms with Gasteiger partial charge in [0.25, 0.3) is 0 Å². The van der Waals surface area contributed by atoms with E-state index in [1.807, 2.05) is 19.1 Å². The molecule has 1 unspecified atom stereocenters. The number of rotatable bonds is 4. The lowest BCUT2D eigenvalue weighted by molar-refractivity contribution is 0.349. The fourth-order valence-corrected chi connectivity index (χ4v) is 4.12. The molecule has 0 radical (unpaired) electrons. The van der Waals surface area contributed by atoms with Gasteiger partial charge < -0.3 is 5.73 Å². The van der Waals surface area contributed by atoms with Gasteiger partial charge >= 0.3 is 0 Å². The summed E-state index contributed by atoms with van der Waals surface area (Å²) in [7, 11) is -3.38. The Morgan fingerprint density at radius 2 is 1.86 bits per heavy atom. The minimum absolute atomic E-state index is 0. The smallest absolute Gasteiger partial charge is 0.243 e. The molecule has 4 nitrogen and oxygen atoms in total. The van der Waals surface area contributed by atoms with Gasteiger partial charge in [-0.2, -0.15) is 4.31 Å². The molecule has 2 rings (SSSR count). The Labute approximate surface area is 134 Å². The van der Waals surface area contributed by atoms with Crippen molar-refractivity contribution in [2.24, 2.45) is 11.1 Å². The summed E-state index contributed by atoms with van der Waals surface area (Å²) < 4.78 is 26.8. The van der Waals surface area contributed by atoms with E-state index in [-0.39, 0.29) is 17.8 Å². The van der Waals surface area contributed by atoms with Gasteiger partial charge in [0.15, 0.2) is 0 Å². The van der Waals surface area contributed by atoms with Gasteiger partial charge in [0.2, 0.25) is 10.0 Å². The van der Waals surface area contributed by atoms with Crippen molar-refractivity contribution in [2.45, 2.75) is 38.0 Å². The van der Waals surface area contributed by atoms with Gasteiger partial charge in [0, 0.05) is 13.1 Å². The van der Waals surface area contributed by atoms with E-state index >= 15 is 0 Å². The molecule has 0 spiro atoms. The quantitative estimate of drug-likeness (QED) is 0.921. The molecular formula is C15H25ClN2O2S. The summed E-state index contributed by atoms with van der Waals surface area (Å²) in [6.07, 6.45) is 0.826. The van der Waals surface area contributed by atoms with E-state index in [9.17, 15) is 8.42 Å². The lowest BCUT2D eigenvalue weighted by Gasteiger charge is -2.22. The van der Waals surface area contributed by atoms with Crippen molar-refractivity contribution in [3.05, 3.63) is 29.8 Å². The van der Waals surface area contributed by atoms with Gasteiger partial charge in [-0.3, -0.25) is 0 Å². The lowest BCUT2D eigenvalue weighted by Crippen LogP contribution is -2.34. The normalized spacial score (nSPS) is 23.3. The third-order valence-electron chi connectivity index (χ3n) is 4.20. The van der Waals surface area contributed by atoms with E-state index in [0.29, 0.717) is 30.4 Å². The number of halogens is 1. The summed E-state index contributed by atoms with van der Waals surface area (Å²) in [6.45, 7) is 7.82. The molecule has 1 heterocycles. The highest BCUT2D eigenvalue weighted by Gasteiger charge is 2.38. The second kappa shape index (κ2) is 6.65. The molecule has 0 aliphatic carbocycles. The average Bonchev–Trinajstić information content (AvgIpc) is 2.83. The Morgan fingerprint density at radius 3 is 2.29 bits per heavy atom. The first kappa shape index (κ1) is 18.4. The van der Waals surface area contributed by atoms with E-state index in [1.54, 1.807) is 16.4 Å². The van der Waals surface area contributed by atoms with Crippen molar-refractivity contribution in [3.63, 3.8) is 0 Å². The minimum Gasteiger partial charge on any atom is -0.330 e. The zero-order valence-electron chi connectivity index (χ0n) is 12.9. The Bertz CT molecular complexity index is 572. The third-order valence-corrected chi connectivity index (χ3v) is 6.06. The van der Waals surface area contributed by atoms with Crippen LogP contribution in [-0.4, -0.2) is 32.4 Å². The van der Waals surface area contributed by atoms with Crippen LogP contribution in [0.15, 0.2) is 29.2 Å². The summed E-state index contributed by atoms with van der Waals surface area (Å²) in [4.78, 5) is 0.378. The maximum atomic E-state index is 12.6. The van der Waals surface area contributed by atoms with Crippen molar-refractivity contribution in [1.82, 2.24) is 4.31 Å². The van der Waals surface area contributed by atoms with Crippen molar-refractivity contribution in [2.75, 3.05) is 19.6 Å². The number of nitrogens with zero attached hydrogens (tertiary/aromatic N) is 1. The average molecular weight is 333 g/mol. The summed E-state index contributed by atoms with van der Waals surface area (Å²) in [5.74, 6) is 0.402. The number of hydrogen-bond donors (Lipinski definition) is 1. The largest absolute Gasteiger partial charge is 0.330 e. The molecule has 0 aromatic heterocycles. The molecule has 1 atom stereocenters. The van der Waals surface area contributed by atoms with Crippen LogP contribution in [0.4, 0.5) is 0 Å². The predicted octanol–water partition coefficient (Wildman–Crippen LogP) is 2.59. The van der Waals surface area contributed by atoms with E-state index in [0.717, 1.165) is 12.0 Å². The molecule has 2 N–H and O–H groups in total. The van der Waals surface area contributed by atoms with Crippen molar-refractivity contribution in [3.8, 4) is 0 Å². The number of benzene rings is 1. The second-order valence-corrected chi connectivity index (χ2v) is 8.27. The lowest BCUT2D eigenvalue weighted by atomic mass is 9.90. The molecule has 0 bridgehead atoms. The monoisotopic (exact) mass is 332 g/mol. The highest BCUT2D eigenvalue weighted by Crippen LogP contribution is 2.32. The molecule has 1 aliphatic rings. The number of hydrogen-bond acceptors (Lipinski definition) is 3. The number of sulfonamides is 1. The maximum absolute atomic E-state index is 12.6. The van der Waals surface area contributed by atoms with E-state index in [1.165, 1.54) is 0 Å². The Hall–Kier alpha value is -0.620. The van der Waals surface area contributed by atoms with Crippen LogP contribution in [0.25, 0.3) is 0 Å². The molecular weight excluding hydrogens is 308 g/mol. The van der Waals surface area contributed by atoms with Gasteiger partial charge in [-0.15, -0.1) is 12.4 Å². The van der Waals surface area contributed by atoms with Crippen LogP contribution in [0, 0.1) is 5.41 Å². The zero-order chi connectivity index (χ0) is 15.0. The van der Waals surface area contributed by atoms with Crippen LogP contribution in [0.3, 0.4) is 0 Å². The minimum atomic E-state index is -3.38. The Balaban J connectivity index is 0.00000220. The van der Waals surface area contributed by atoms with E-state index in [4.69, 9.17) is 5.73 Å². The first-order valence-corrected chi connectivity index (χ1v) is 8.53. The topological polar surface area (TPSA) is 63.4 Å². The van der Waals surface area contributed by atoms with Gasteiger partial charge in [-0.05, 0) is 42.0 Å². The fourth-order valence-electron chi connectivity index (χ4n) is 2.52. The van der Waals surface area contributed by atoms with Crippen LogP contribution in [0.2, 0.25) is 0 Å². The highest BCUT2D eigenvalue weighted by atomic mass is 35.5. The van der Waals surface area contributed by atoms with Crippen LogP contribution in [0.5, 0.6) is 0 Å². The molecule has 120 valence electrons. The number of nitrogens with two attached hydrogens (primary N) is 1. The van der Waals surface area contributed by atoms with Crippen LogP contribution < -0.4 is 5.73 Å². The highest BCUT2D eigenvalue weighted by molar-refractivity contribution is 7.89. The van der Waals surface area contributed by atoms with E-state index in [2.05, 4.69) is 13.8 Å². The van der Waals surface area contributed by atoms with E-state index < -0.39 is 10.0 Å². The summed E-state index contributed by atoms with van der Waals surface area (Å²) >= 11 is 0. The molecule has 1 saturated heterocycles. The third kappa shape index (κ3) is 3.77.